The first-order valence-corrected chi connectivity index (χ1v) is 7.03. The summed E-state index contributed by atoms with van der Waals surface area (Å²) in [6.07, 6.45) is 2.17. The Labute approximate surface area is 116 Å². The molecular weight excluding hydrogens is 294 g/mol. The molecule has 3 N–H and O–H groups in total. The van der Waals surface area contributed by atoms with Crippen LogP contribution >= 0.6 is 15.9 Å². The standard InChI is InChI=1S/C13H18BrN3O/c14-11-4-1-3-10(7-11)8-16-13(18)17-12-5-2-6-15-9-12/h1,3-4,7,12,15H,2,5-6,8-9H2,(H2,16,17,18). The van der Waals surface area contributed by atoms with E-state index in [1.54, 1.807) is 0 Å². The monoisotopic (exact) mass is 311 g/mol. The van der Waals surface area contributed by atoms with Crippen molar-refractivity contribution >= 4 is 22.0 Å². The molecule has 1 aliphatic heterocycles. The summed E-state index contributed by atoms with van der Waals surface area (Å²) in [4.78, 5) is 11.7. The van der Waals surface area contributed by atoms with E-state index in [-0.39, 0.29) is 12.1 Å². The van der Waals surface area contributed by atoms with Crippen molar-refractivity contribution in [2.24, 2.45) is 0 Å². The summed E-state index contributed by atoms with van der Waals surface area (Å²) < 4.78 is 1.03. The third-order valence-corrected chi connectivity index (χ3v) is 3.47. The molecule has 1 unspecified atom stereocenters. The van der Waals surface area contributed by atoms with Gasteiger partial charge in [-0.2, -0.15) is 0 Å². The molecule has 0 saturated carbocycles. The minimum Gasteiger partial charge on any atom is -0.334 e. The van der Waals surface area contributed by atoms with Gasteiger partial charge >= 0.3 is 6.03 Å². The van der Waals surface area contributed by atoms with E-state index in [2.05, 4.69) is 31.9 Å². The maximum atomic E-state index is 11.7. The maximum Gasteiger partial charge on any atom is 0.315 e. The van der Waals surface area contributed by atoms with Crippen LogP contribution in [0.2, 0.25) is 0 Å². The molecule has 0 radical (unpaired) electrons. The van der Waals surface area contributed by atoms with E-state index in [9.17, 15) is 4.79 Å². The van der Waals surface area contributed by atoms with Crippen molar-refractivity contribution in [3.8, 4) is 0 Å². The van der Waals surface area contributed by atoms with Crippen LogP contribution in [0.25, 0.3) is 0 Å². The number of hydrogen-bond donors (Lipinski definition) is 3. The third kappa shape index (κ3) is 4.31. The number of halogens is 1. The third-order valence-electron chi connectivity index (χ3n) is 2.97. The molecule has 0 aliphatic carbocycles. The number of carbonyl (C=O) groups excluding carboxylic acids is 1. The van der Waals surface area contributed by atoms with Crippen LogP contribution < -0.4 is 16.0 Å². The highest BCUT2D eigenvalue weighted by Crippen LogP contribution is 2.11. The summed E-state index contributed by atoms with van der Waals surface area (Å²) >= 11 is 3.41. The summed E-state index contributed by atoms with van der Waals surface area (Å²) in [5.74, 6) is 0. The van der Waals surface area contributed by atoms with Gasteiger partial charge in [0.2, 0.25) is 0 Å². The molecule has 2 amide bonds. The largest absolute Gasteiger partial charge is 0.334 e. The summed E-state index contributed by atoms with van der Waals surface area (Å²) in [6, 6.07) is 8.08. The number of urea groups is 1. The summed E-state index contributed by atoms with van der Waals surface area (Å²) in [5.41, 5.74) is 1.08. The minimum absolute atomic E-state index is 0.0938. The number of hydrogen-bond acceptors (Lipinski definition) is 2. The Hall–Kier alpha value is -1.07. The van der Waals surface area contributed by atoms with E-state index >= 15 is 0 Å². The predicted molar refractivity (Wildman–Crippen MR) is 75.4 cm³/mol. The van der Waals surface area contributed by atoms with E-state index in [1.165, 1.54) is 0 Å². The van der Waals surface area contributed by atoms with Crippen molar-refractivity contribution < 1.29 is 4.79 Å². The smallest absolute Gasteiger partial charge is 0.315 e. The van der Waals surface area contributed by atoms with Crippen LogP contribution in [0.4, 0.5) is 4.79 Å². The molecule has 18 heavy (non-hydrogen) atoms. The molecule has 0 spiro atoms. The molecule has 1 aliphatic rings. The molecule has 2 rings (SSSR count). The fraction of sp³-hybridized carbons (Fsp3) is 0.462. The molecule has 1 fully saturated rings. The van der Waals surface area contributed by atoms with Crippen molar-refractivity contribution in [3.63, 3.8) is 0 Å². The lowest BCUT2D eigenvalue weighted by Gasteiger charge is -2.23. The van der Waals surface area contributed by atoms with Crippen LogP contribution in [0, 0.1) is 0 Å². The number of nitrogens with one attached hydrogen (secondary N) is 3. The normalized spacial score (nSPS) is 19.3. The second-order valence-corrected chi connectivity index (χ2v) is 5.42. The average molecular weight is 312 g/mol. The molecule has 1 aromatic carbocycles. The van der Waals surface area contributed by atoms with Crippen LogP contribution in [0.5, 0.6) is 0 Å². The van der Waals surface area contributed by atoms with Gasteiger partial charge in [-0.3, -0.25) is 0 Å². The molecule has 1 heterocycles. The fourth-order valence-electron chi connectivity index (χ4n) is 2.04. The van der Waals surface area contributed by atoms with E-state index in [1.807, 2.05) is 24.3 Å². The van der Waals surface area contributed by atoms with Crippen LogP contribution in [-0.2, 0) is 6.54 Å². The zero-order valence-corrected chi connectivity index (χ0v) is 11.8. The quantitative estimate of drug-likeness (QED) is 0.799. The SMILES string of the molecule is O=C(NCc1cccc(Br)c1)NC1CCCNC1. The molecular formula is C13H18BrN3O. The Morgan fingerprint density at radius 3 is 3.11 bits per heavy atom. The lowest BCUT2D eigenvalue weighted by atomic mass is 10.1. The molecule has 5 heteroatoms. The minimum atomic E-state index is -0.0938. The van der Waals surface area contributed by atoms with Gasteiger partial charge in [-0.05, 0) is 37.1 Å². The molecule has 0 aromatic heterocycles. The Balaban J connectivity index is 1.74. The zero-order chi connectivity index (χ0) is 12.8. The van der Waals surface area contributed by atoms with E-state index in [0.717, 1.165) is 36.0 Å². The van der Waals surface area contributed by atoms with Crippen LogP contribution in [0.3, 0.4) is 0 Å². The maximum absolute atomic E-state index is 11.7. The Morgan fingerprint density at radius 2 is 2.39 bits per heavy atom. The zero-order valence-electron chi connectivity index (χ0n) is 10.2. The van der Waals surface area contributed by atoms with E-state index in [0.29, 0.717) is 6.54 Å². The fourth-order valence-corrected chi connectivity index (χ4v) is 2.49. The average Bonchev–Trinajstić information content (AvgIpc) is 2.38. The summed E-state index contributed by atoms with van der Waals surface area (Å²) in [6.45, 7) is 2.47. The van der Waals surface area contributed by atoms with E-state index < -0.39 is 0 Å². The highest BCUT2D eigenvalue weighted by atomic mass is 79.9. The molecule has 98 valence electrons. The molecule has 4 nitrogen and oxygen atoms in total. The van der Waals surface area contributed by atoms with Gasteiger partial charge in [0.15, 0.2) is 0 Å². The van der Waals surface area contributed by atoms with Gasteiger partial charge in [-0.25, -0.2) is 4.79 Å². The Morgan fingerprint density at radius 1 is 1.50 bits per heavy atom. The molecule has 1 aromatic rings. The van der Waals surface area contributed by atoms with Crippen molar-refractivity contribution in [1.29, 1.82) is 0 Å². The van der Waals surface area contributed by atoms with Crippen molar-refractivity contribution in [1.82, 2.24) is 16.0 Å². The topological polar surface area (TPSA) is 53.2 Å². The van der Waals surface area contributed by atoms with E-state index in [4.69, 9.17) is 0 Å². The first-order chi connectivity index (χ1) is 8.74. The van der Waals surface area contributed by atoms with Gasteiger partial charge in [0, 0.05) is 23.6 Å². The highest BCUT2D eigenvalue weighted by Gasteiger charge is 2.14. The lowest BCUT2D eigenvalue weighted by Crippen LogP contribution is -2.48. The second-order valence-electron chi connectivity index (χ2n) is 4.50. The molecule has 1 atom stereocenters. The highest BCUT2D eigenvalue weighted by molar-refractivity contribution is 9.10. The van der Waals surface area contributed by atoms with Crippen molar-refractivity contribution in [2.75, 3.05) is 13.1 Å². The van der Waals surface area contributed by atoms with Gasteiger partial charge in [-0.15, -0.1) is 0 Å². The predicted octanol–water partition coefficient (Wildman–Crippen LogP) is 2.00. The van der Waals surface area contributed by atoms with Gasteiger partial charge in [0.25, 0.3) is 0 Å². The Bertz CT molecular complexity index is 405. The summed E-state index contributed by atoms with van der Waals surface area (Å²) in [7, 11) is 0. The van der Waals surface area contributed by atoms with Gasteiger partial charge in [-0.1, -0.05) is 28.1 Å². The first-order valence-electron chi connectivity index (χ1n) is 6.23. The van der Waals surface area contributed by atoms with Gasteiger partial charge in [0.1, 0.15) is 0 Å². The van der Waals surface area contributed by atoms with Gasteiger partial charge in [0.05, 0.1) is 0 Å². The number of piperidine rings is 1. The van der Waals surface area contributed by atoms with Crippen LogP contribution in [0.15, 0.2) is 28.7 Å². The lowest BCUT2D eigenvalue weighted by molar-refractivity contribution is 0.233. The number of rotatable bonds is 3. The summed E-state index contributed by atoms with van der Waals surface area (Å²) in [5, 5.41) is 9.13. The number of amides is 2. The van der Waals surface area contributed by atoms with Crippen molar-refractivity contribution in [3.05, 3.63) is 34.3 Å². The van der Waals surface area contributed by atoms with Crippen LogP contribution in [0.1, 0.15) is 18.4 Å². The van der Waals surface area contributed by atoms with Crippen LogP contribution in [-0.4, -0.2) is 25.2 Å². The molecule has 0 bridgehead atoms. The first kappa shape index (κ1) is 13.4. The number of carbonyl (C=O) groups is 1. The van der Waals surface area contributed by atoms with Crippen molar-refractivity contribution in [2.45, 2.75) is 25.4 Å². The molecule has 1 saturated heterocycles. The number of benzene rings is 1. The van der Waals surface area contributed by atoms with Gasteiger partial charge < -0.3 is 16.0 Å². The Kier molecular flexibility index (Phi) is 5.01. The second kappa shape index (κ2) is 6.75.